The molecule has 19 heteroatoms. The highest BCUT2D eigenvalue weighted by molar-refractivity contribution is 5.74. The Labute approximate surface area is 372 Å². The number of aromatic nitrogens is 8. The normalized spacial score (nSPS) is 22.1. The number of H-pyrrole nitrogens is 2. The molecule has 3 N–H and O–H groups in total. The van der Waals surface area contributed by atoms with Crippen molar-refractivity contribution in [2.75, 3.05) is 52.6 Å². The van der Waals surface area contributed by atoms with E-state index in [1.54, 1.807) is 33.6 Å². The molecule has 65 heavy (non-hydrogen) atoms. The molecule has 0 spiro atoms. The molecule has 346 valence electrons. The van der Waals surface area contributed by atoms with Crippen LogP contribution in [0.1, 0.15) is 108 Å². The van der Waals surface area contributed by atoms with Crippen LogP contribution in [0.3, 0.4) is 0 Å². The van der Waals surface area contributed by atoms with Crippen molar-refractivity contribution in [3.63, 3.8) is 0 Å². The number of ether oxygens (including phenoxy) is 3. The minimum absolute atomic E-state index is 0.0230. The summed E-state index contributed by atoms with van der Waals surface area (Å²) in [5, 5.41) is 12.9. The average molecular weight is 901 g/mol. The number of fused-ring (bicyclic) bond motifs is 2. The van der Waals surface area contributed by atoms with Crippen LogP contribution in [0.25, 0.3) is 11.0 Å². The number of likely N-dealkylation sites (tertiary alicyclic amines) is 1. The van der Waals surface area contributed by atoms with E-state index in [2.05, 4.69) is 48.7 Å². The highest BCUT2D eigenvalue weighted by atomic mass is 19.4. The van der Waals surface area contributed by atoms with Gasteiger partial charge in [0.25, 0.3) is 11.1 Å². The van der Waals surface area contributed by atoms with Crippen molar-refractivity contribution in [1.82, 2.24) is 49.4 Å². The van der Waals surface area contributed by atoms with Crippen LogP contribution >= 0.6 is 0 Å². The number of benzene rings is 2. The minimum Gasteiger partial charge on any atom is -0.406 e. The topological polar surface area (TPSA) is 186 Å². The molecule has 0 aliphatic carbocycles. The third-order valence-electron chi connectivity index (χ3n) is 12.7. The molecular formula is C46H55F3N10O6. The van der Waals surface area contributed by atoms with Crippen molar-refractivity contribution in [3.05, 3.63) is 122 Å². The van der Waals surface area contributed by atoms with Gasteiger partial charge in [0.1, 0.15) is 35.3 Å². The van der Waals surface area contributed by atoms with Gasteiger partial charge in [0.15, 0.2) is 11.0 Å². The van der Waals surface area contributed by atoms with Crippen molar-refractivity contribution in [2.45, 2.75) is 83.0 Å². The zero-order valence-electron chi connectivity index (χ0n) is 36.7. The highest BCUT2D eigenvalue weighted by Crippen LogP contribution is 2.33. The molecular weight excluding hydrogens is 846 g/mol. The molecule has 0 bridgehead atoms. The largest absolute Gasteiger partial charge is 0.573 e. The number of nitrogens with one attached hydrogen (secondary N) is 3. The quantitative estimate of drug-likeness (QED) is 0.154. The van der Waals surface area contributed by atoms with Crippen LogP contribution in [-0.4, -0.2) is 109 Å². The van der Waals surface area contributed by atoms with Gasteiger partial charge in [-0.1, -0.05) is 55.8 Å². The van der Waals surface area contributed by atoms with E-state index in [-0.39, 0.29) is 40.5 Å². The Morgan fingerprint density at radius 2 is 1.28 bits per heavy atom. The fourth-order valence-electron chi connectivity index (χ4n) is 9.10. The maximum atomic E-state index is 12.8. The summed E-state index contributed by atoms with van der Waals surface area (Å²) in [6.07, 6.45) is 2.93. The number of halogens is 3. The van der Waals surface area contributed by atoms with E-state index in [9.17, 15) is 27.6 Å². The molecule has 4 unspecified atom stereocenters. The van der Waals surface area contributed by atoms with E-state index in [1.807, 2.05) is 31.2 Å². The van der Waals surface area contributed by atoms with E-state index >= 15 is 0 Å². The van der Waals surface area contributed by atoms with Gasteiger partial charge in [-0.25, -0.2) is 19.0 Å². The van der Waals surface area contributed by atoms with Crippen molar-refractivity contribution in [3.8, 4) is 5.75 Å². The van der Waals surface area contributed by atoms with Gasteiger partial charge in [-0.3, -0.25) is 19.3 Å². The van der Waals surface area contributed by atoms with E-state index in [0.717, 1.165) is 93.4 Å². The molecule has 0 saturated carbocycles. The summed E-state index contributed by atoms with van der Waals surface area (Å²) in [6, 6.07) is 13.4. The van der Waals surface area contributed by atoms with Gasteiger partial charge in [-0.15, -0.1) is 13.2 Å². The van der Waals surface area contributed by atoms with Crippen LogP contribution in [0.2, 0.25) is 0 Å². The maximum Gasteiger partial charge on any atom is 0.573 e. The molecule has 8 heterocycles. The number of aryl methyl sites for hydroxylation is 1. The van der Waals surface area contributed by atoms with Gasteiger partial charge in [0, 0.05) is 81.8 Å². The zero-order valence-corrected chi connectivity index (χ0v) is 36.7. The standard InChI is InChI=1S/C23H26F3N5O3.C15H21N5O2.C8H8O/c1-14-11-30(12-15-2-4-17(5-3-15)34-23(24,25)26)13-18(14)20-28-22(32)19-10-27-21(31(19)29-20)16-6-8-33-9-7-16;1-9-6-16-7-11(9)13-18-15(21)12-8-17-14(20(12)19-13)10-2-4-22-5-3-10;1-7-2-4-8(6-9)5-3-7/h2-5,10,14,16,18H,6-9,11-13H2,1H3,(H,28,29,32);8-11,16H,2-7H2,1H3,(H,18,19,21);2-6H,1H3. The van der Waals surface area contributed by atoms with Crippen molar-refractivity contribution in [1.29, 1.82) is 0 Å². The van der Waals surface area contributed by atoms with Crippen molar-refractivity contribution >= 4 is 17.3 Å². The Morgan fingerprint density at radius 1 is 0.738 bits per heavy atom. The summed E-state index contributed by atoms with van der Waals surface area (Å²) in [6.45, 7) is 13.0. The molecule has 4 aliphatic heterocycles. The molecule has 6 aromatic rings. The predicted octanol–water partition coefficient (Wildman–Crippen LogP) is 5.89. The third-order valence-corrected chi connectivity index (χ3v) is 12.7. The summed E-state index contributed by atoms with van der Waals surface area (Å²) in [5.41, 5.74) is 3.46. The number of hydrogen-bond donors (Lipinski definition) is 3. The molecule has 4 aromatic heterocycles. The Kier molecular flexibility index (Phi) is 14.2. The van der Waals surface area contributed by atoms with E-state index < -0.39 is 6.36 Å². The first-order valence-corrected chi connectivity index (χ1v) is 22.2. The number of rotatable bonds is 8. The van der Waals surface area contributed by atoms with Gasteiger partial charge in [0.05, 0.1) is 12.4 Å². The van der Waals surface area contributed by atoms with Crippen LogP contribution in [0.4, 0.5) is 13.2 Å². The number of alkyl halides is 3. The summed E-state index contributed by atoms with van der Waals surface area (Å²) in [5.74, 6) is 4.36. The zero-order chi connectivity index (χ0) is 45.7. The molecule has 4 saturated heterocycles. The number of nitrogens with zero attached hydrogens (tertiary/aromatic N) is 7. The summed E-state index contributed by atoms with van der Waals surface area (Å²) in [4.78, 5) is 52.3. The SMILES string of the molecule is CC1CN(Cc2ccc(OC(F)(F)F)cc2)CC1c1nn2c(C3CCOCC3)ncc2c(=O)[nH]1.CC1CNCC1c1nn2c(C3CCOCC3)ncc2c(=O)[nH]1.Cc1ccc(C=O)cc1. The second-order valence-corrected chi connectivity index (χ2v) is 17.5. The van der Waals surface area contributed by atoms with Crippen LogP contribution in [0.15, 0.2) is 70.5 Å². The smallest absolute Gasteiger partial charge is 0.406 e. The number of carbonyl (C=O) groups is 1. The monoisotopic (exact) mass is 900 g/mol. The van der Waals surface area contributed by atoms with E-state index in [4.69, 9.17) is 19.7 Å². The second kappa shape index (κ2) is 20.2. The predicted molar refractivity (Wildman–Crippen MR) is 234 cm³/mol. The van der Waals surface area contributed by atoms with Gasteiger partial charge in [-0.2, -0.15) is 10.2 Å². The number of hydrogen-bond acceptors (Lipinski definition) is 12. The number of carbonyl (C=O) groups excluding carboxylic acids is 1. The summed E-state index contributed by atoms with van der Waals surface area (Å²) >= 11 is 0. The van der Waals surface area contributed by atoms with Gasteiger partial charge in [-0.05, 0) is 68.7 Å². The molecule has 2 aromatic carbocycles. The molecule has 4 atom stereocenters. The van der Waals surface area contributed by atoms with Crippen LogP contribution in [0.5, 0.6) is 5.75 Å². The molecule has 10 rings (SSSR count). The first-order chi connectivity index (χ1) is 31.3. The molecule has 16 nitrogen and oxygen atoms in total. The lowest BCUT2D eigenvalue weighted by Gasteiger charge is -2.21. The Hall–Kier alpha value is -5.76. The number of imidazole rings is 2. The van der Waals surface area contributed by atoms with E-state index in [0.29, 0.717) is 55.0 Å². The molecule has 0 amide bonds. The van der Waals surface area contributed by atoms with E-state index in [1.165, 1.54) is 17.7 Å². The average Bonchev–Trinajstić information content (AvgIpc) is 4.12. The molecule has 4 aliphatic rings. The molecule has 4 fully saturated rings. The number of aromatic amines is 2. The molecule has 0 radical (unpaired) electrons. The van der Waals surface area contributed by atoms with Gasteiger partial charge >= 0.3 is 6.36 Å². The summed E-state index contributed by atoms with van der Waals surface area (Å²) < 4.78 is 55.4. The minimum atomic E-state index is -4.70. The van der Waals surface area contributed by atoms with Gasteiger partial charge in [0.2, 0.25) is 0 Å². The first kappa shape index (κ1) is 45.8. The third kappa shape index (κ3) is 11.0. The Balaban J connectivity index is 0.000000157. The lowest BCUT2D eigenvalue weighted by Crippen LogP contribution is -2.24. The highest BCUT2D eigenvalue weighted by Gasteiger charge is 2.35. The lowest BCUT2D eigenvalue weighted by molar-refractivity contribution is -0.274. The van der Waals surface area contributed by atoms with Crippen molar-refractivity contribution in [2.24, 2.45) is 11.8 Å². The fourth-order valence-corrected chi connectivity index (χ4v) is 9.10. The fraction of sp³-hybridized carbons (Fsp3) is 0.500. The second-order valence-electron chi connectivity index (χ2n) is 17.5. The van der Waals surface area contributed by atoms with Crippen LogP contribution < -0.4 is 21.2 Å². The summed E-state index contributed by atoms with van der Waals surface area (Å²) in [7, 11) is 0. The van der Waals surface area contributed by atoms with Crippen LogP contribution in [-0.2, 0) is 16.0 Å². The van der Waals surface area contributed by atoms with Gasteiger partial charge < -0.3 is 29.5 Å². The Bertz CT molecular complexity index is 2650. The first-order valence-electron chi connectivity index (χ1n) is 22.2. The maximum absolute atomic E-state index is 12.8. The van der Waals surface area contributed by atoms with Crippen LogP contribution in [0, 0.1) is 18.8 Å². The van der Waals surface area contributed by atoms with Crippen molar-refractivity contribution < 1.29 is 32.2 Å². The lowest BCUT2D eigenvalue weighted by atomic mass is 9.97. The number of aldehydes is 1. The Morgan fingerprint density at radius 3 is 1.77 bits per heavy atom.